The van der Waals surface area contributed by atoms with Gasteiger partial charge < -0.3 is 5.73 Å². The summed E-state index contributed by atoms with van der Waals surface area (Å²) in [4.78, 5) is -0.419. The molecule has 0 aliphatic heterocycles. The molecule has 3 N–H and O–H groups in total. The first kappa shape index (κ1) is 17.9. The van der Waals surface area contributed by atoms with Crippen molar-refractivity contribution in [1.82, 2.24) is 4.72 Å². The molecule has 0 fully saturated rings. The minimum absolute atomic E-state index is 0.0677. The second kappa shape index (κ2) is 6.33. The fraction of sp³-hybridized carbons (Fsp3) is 0.538. The first-order valence-electron chi connectivity index (χ1n) is 6.51. The van der Waals surface area contributed by atoms with Crippen LogP contribution in [0.3, 0.4) is 0 Å². The molecule has 0 spiro atoms. The van der Waals surface area contributed by atoms with Gasteiger partial charge in [0.2, 0.25) is 10.0 Å². The average molecular weight is 324 g/mol. The van der Waals surface area contributed by atoms with E-state index in [0.29, 0.717) is 18.9 Å². The Kier molecular flexibility index (Phi) is 5.40. The number of halogens is 3. The van der Waals surface area contributed by atoms with E-state index in [9.17, 15) is 21.6 Å². The van der Waals surface area contributed by atoms with E-state index in [1.807, 2.05) is 0 Å². The lowest BCUT2D eigenvalue weighted by Crippen LogP contribution is -2.52. The van der Waals surface area contributed by atoms with Crippen molar-refractivity contribution in [3.05, 3.63) is 29.8 Å². The molecule has 1 rings (SSSR count). The van der Waals surface area contributed by atoms with Crippen LogP contribution < -0.4 is 10.5 Å². The number of nitrogens with one attached hydrogen (secondary N) is 1. The molecule has 0 bridgehead atoms. The summed E-state index contributed by atoms with van der Waals surface area (Å²) < 4.78 is 64.9. The van der Waals surface area contributed by atoms with Gasteiger partial charge in [0.25, 0.3) is 0 Å². The second-order valence-electron chi connectivity index (χ2n) is 4.82. The molecule has 21 heavy (non-hydrogen) atoms. The van der Waals surface area contributed by atoms with Crippen LogP contribution in [-0.2, 0) is 16.2 Å². The number of hydrogen-bond donors (Lipinski definition) is 2. The van der Waals surface area contributed by atoms with Crippen LogP contribution >= 0.6 is 0 Å². The summed E-state index contributed by atoms with van der Waals surface area (Å²) in [5, 5.41) is 0. The first-order valence-corrected chi connectivity index (χ1v) is 8.00. The summed E-state index contributed by atoms with van der Waals surface area (Å²) in [6.07, 6.45) is -3.71. The highest BCUT2D eigenvalue weighted by Crippen LogP contribution is 2.30. The van der Waals surface area contributed by atoms with Crippen molar-refractivity contribution in [2.75, 3.05) is 6.54 Å². The smallest absolute Gasteiger partial charge is 0.329 e. The Bertz CT molecular complexity index is 573. The Morgan fingerprint density at radius 1 is 1.19 bits per heavy atom. The maximum absolute atomic E-state index is 12.7. The van der Waals surface area contributed by atoms with E-state index in [2.05, 4.69) is 4.72 Å². The maximum Gasteiger partial charge on any atom is 0.416 e. The molecule has 1 aromatic rings. The summed E-state index contributed by atoms with van der Waals surface area (Å²) in [7, 11) is -4.07. The van der Waals surface area contributed by atoms with Crippen LogP contribution in [0.5, 0.6) is 0 Å². The van der Waals surface area contributed by atoms with Crippen LogP contribution in [0.2, 0.25) is 0 Å². The van der Waals surface area contributed by atoms with E-state index >= 15 is 0 Å². The minimum atomic E-state index is -4.59. The zero-order chi connectivity index (χ0) is 16.3. The van der Waals surface area contributed by atoms with E-state index < -0.39 is 32.2 Å². The SMILES string of the molecule is CCC(CC)(CN)NS(=O)(=O)c1cccc(C(F)(F)F)c1. The Balaban J connectivity index is 3.20. The van der Waals surface area contributed by atoms with Crippen LogP contribution in [0.1, 0.15) is 32.3 Å². The monoisotopic (exact) mass is 324 g/mol. The molecule has 4 nitrogen and oxygen atoms in total. The van der Waals surface area contributed by atoms with Crippen molar-refractivity contribution in [3.63, 3.8) is 0 Å². The molecule has 0 atom stereocenters. The van der Waals surface area contributed by atoms with Gasteiger partial charge in [0, 0.05) is 12.1 Å². The van der Waals surface area contributed by atoms with E-state index in [1.165, 1.54) is 0 Å². The molecule has 0 radical (unpaired) electrons. The van der Waals surface area contributed by atoms with Gasteiger partial charge in [-0.3, -0.25) is 0 Å². The number of rotatable bonds is 6. The van der Waals surface area contributed by atoms with Crippen molar-refractivity contribution in [2.24, 2.45) is 5.73 Å². The van der Waals surface area contributed by atoms with Crippen LogP contribution in [0.4, 0.5) is 13.2 Å². The van der Waals surface area contributed by atoms with E-state index in [-0.39, 0.29) is 6.54 Å². The third-order valence-corrected chi connectivity index (χ3v) is 5.14. The largest absolute Gasteiger partial charge is 0.416 e. The number of hydrogen-bond acceptors (Lipinski definition) is 3. The fourth-order valence-corrected chi connectivity index (χ4v) is 3.51. The van der Waals surface area contributed by atoms with Crippen molar-refractivity contribution in [3.8, 4) is 0 Å². The lowest BCUT2D eigenvalue weighted by Gasteiger charge is -2.31. The predicted octanol–water partition coefficient (Wildman–Crippen LogP) is 2.50. The van der Waals surface area contributed by atoms with Gasteiger partial charge in [-0.2, -0.15) is 13.2 Å². The zero-order valence-electron chi connectivity index (χ0n) is 11.9. The Morgan fingerprint density at radius 2 is 1.76 bits per heavy atom. The molecule has 0 aliphatic carbocycles. The van der Waals surface area contributed by atoms with Crippen LogP contribution in [0.15, 0.2) is 29.2 Å². The van der Waals surface area contributed by atoms with Gasteiger partial charge in [0.05, 0.1) is 10.5 Å². The van der Waals surface area contributed by atoms with Gasteiger partial charge in [-0.05, 0) is 31.0 Å². The average Bonchev–Trinajstić information content (AvgIpc) is 2.44. The van der Waals surface area contributed by atoms with Crippen molar-refractivity contribution in [1.29, 1.82) is 0 Å². The first-order chi connectivity index (χ1) is 9.60. The lowest BCUT2D eigenvalue weighted by atomic mass is 9.95. The molecule has 0 saturated heterocycles. The van der Waals surface area contributed by atoms with Gasteiger partial charge in [-0.25, -0.2) is 13.1 Å². The molecule has 0 unspecified atom stereocenters. The second-order valence-corrected chi connectivity index (χ2v) is 6.51. The number of nitrogens with two attached hydrogens (primary N) is 1. The standard InChI is InChI=1S/C13H19F3N2O2S/c1-3-12(4-2,9-17)18-21(19,20)11-7-5-6-10(8-11)13(14,15)16/h5-8,18H,3-4,9,17H2,1-2H3. The van der Waals surface area contributed by atoms with Crippen molar-refractivity contribution in [2.45, 2.75) is 43.3 Å². The summed E-state index contributed by atoms with van der Waals surface area (Å²) in [6.45, 7) is 3.61. The molecule has 0 amide bonds. The fourth-order valence-electron chi connectivity index (χ4n) is 1.91. The van der Waals surface area contributed by atoms with Gasteiger partial charge in [0.15, 0.2) is 0 Å². The quantitative estimate of drug-likeness (QED) is 0.844. The summed E-state index contributed by atoms with van der Waals surface area (Å²) >= 11 is 0. The molecular weight excluding hydrogens is 305 g/mol. The predicted molar refractivity (Wildman–Crippen MR) is 74.1 cm³/mol. The lowest BCUT2D eigenvalue weighted by molar-refractivity contribution is -0.137. The highest BCUT2D eigenvalue weighted by atomic mass is 32.2. The van der Waals surface area contributed by atoms with Crippen molar-refractivity contribution < 1.29 is 21.6 Å². The van der Waals surface area contributed by atoms with Gasteiger partial charge in [-0.15, -0.1) is 0 Å². The van der Waals surface area contributed by atoms with Gasteiger partial charge in [0.1, 0.15) is 0 Å². The topological polar surface area (TPSA) is 72.2 Å². The Labute approximate surface area is 122 Å². The van der Waals surface area contributed by atoms with Gasteiger partial charge >= 0.3 is 6.18 Å². The van der Waals surface area contributed by atoms with E-state index in [0.717, 1.165) is 18.2 Å². The van der Waals surface area contributed by atoms with Gasteiger partial charge in [-0.1, -0.05) is 19.9 Å². The molecule has 0 saturated carbocycles. The Hall–Kier alpha value is -1.12. The van der Waals surface area contributed by atoms with Crippen LogP contribution in [0, 0.1) is 0 Å². The molecule has 120 valence electrons. The maximum atomic E-state index is 12.7. The summed E-state index contributed by atoms with van der Waals surface area (Å²) in [5.41, 5.74) is 3.75. The molecule has 8 heteroatoms. The highest BCUT2D eigenvalue weighted by molar-refractivity contribution is 7.89. The third-order valence-electron chi connectivity index (χ3n) is 3.57. The third kappa shape index (κ3) is 4.18. The van der Waals surface area contributed by atoms with E-state index in [4.69, 9.17) is 5.73 Å². The zero-order valence-corrected chi connectivity index (χ0v) is 12.7. The molecule has 0 aromatic heterocycles. The Morgan fingerprint density at radius 3 is 2.19 bits per heavy atom. The number of sulfonamides is 1. The van der Waals surface area contributed by atoms with E-state index in [1.54, 1.807) is 13.8 Å². The summed E-state index contributed by atoms with van der Waals surface area (Å²) in [6, 6.07) is 3.65. The number of alkyl halides is 3. The molecule has 0 heterocycles. The molecule has 0 aliphatic rings. The minimum Gasteiger partial charge on any atom is -0.329 e. The van der Waals surface area contributed by atoms with Crippen molar-refractivity contribution >= 4 is 10.0 Å². The highest BCUT2D eigenvalue weighted by Gasteiger charge is 2.34. The molecule has 1 aromatic carbocycles. The van der Waals surface area contributed by atoms with Crippen LogP contribution in [0.25, 0.3) is 0 Å². The number of benzene rings is 1. The summed E-state index contributed by atoms with van der Waals surface area (Å²) in [5.74, 6) is 0. The van der Waals surface area contributed by atoms with Crippen LogP contribution in [-0.4, -0.2) is 20.5 Å². The normalized spacial score (nSPS) is 13.4. The molecular formula is C13H19F3N2O2S.